The van der Waals surface area contributed by atoms with Gasteiger partial charge in [0.2, 0.25) is 0 Å². The van der Waals surface area contributed by atoms with Crippen molar-refractivity contribution in [3.05, 3.63) is 30.1 Å². The first-order valence-electron chi connectivity index (χ1n) is 7.22. The van der Waals surface area contributed by atoms with Crippen molar-refractivity contribution in [2.45, 2.75) is 44.8 Å². The van der Waals surface area contributed by atoms with Crippen molar-refractivity contribution in [2.24, 2.45) is 0 Å². The van der Waals surface area contributed by atoms with Crippen LogP contribution in [0, 0.1) is 5.82 Å². The number of carbonyl (C=O) groups excluding carboxylic acids is 1. The highest BCUT2D eigenvalue weighted by atomic mass is 19.1. The molecule has 1 aliphatic heterocycles. The molecule has 4 nitrogen and oxygen atoms in total. The number of halogens is 1. The highest BCUT2D eigenvalue weighted by Gasteiger charge is 2.48. The van der Waals surface area contributed by atoms with E-state index in [1.807, 2.05) is 13.8 Å². The maximum atomic E-state index is 13.9. The zero-order chi connectivity index (χ0) is 15.5. The van der Waals surface area contributed by atoms with Crippen LogP contribution in [0.1, 0.15) is 33.6 Å². The number of hydrogen-bond acceptors (Lipinski definition) is 4. The van der Waals surface area contributed by atoms with Crippen molar-refractivity contribution >= 4 is 11.7 Å². The van der Waals surface area contributed by atoms with Gasteiger partial charge in [0.15, 0.2) is 0 Å². The summed E-state index contributed by atoms with van der Waals surface area (Å²) >= 11 is 0. The molecule has 21 heavy (non-hydrogen) atoms. The molecule has 1 aliphatic rings. The average Bonchev–Trinajstić information content (AvgIpc) is 2.40. The summed E-state index contributed by atoms with van der Waals surface area (Å²) in [5.41, 5.74) is -1.12. The Morgan fingerprint density at radius 1 is 1.43 bits per heavy atom. The van der Waals surface area contributed by atoms with Crippen molar-refractivity contribution < 1.29 is 18.7 Å². The minimum atomic E-state index is -0.958. The van der Waals surface area contributed by atoms with Gasteiger partial charge in [-0.05, 0) is 32.9 Å². The van der Waals surface area contributed by atoms with E-state index in [0.717, 1.165) is 0 Å². The van der Waals surface area contributed by atoms with E-state index in [4.69, 9.17) is 9.47 Å². The lowest BCUT2D eigenvalue weighted by atomic mass is 9.81. The van der Waals surface area contributed by atoms with Gasteiger partial charge >= 0.3 is 5.97 Å². The predicted octanol–water partition coefficient (Wildman–Crippen LogP) is 3.13. The van der Waals surface area contributed by atoms with E-state index in [9.17, 15) is 9.18 Å². The van der Waals surface area contributed by atoms with E-state index in [0.29, 0.717) is 31.7 Å². The van der Waals surface area contributed by atoms with E-state index in [1.165, 1.54) is 6.07 Å². The van der Waals surface area contributed by atoms with Gasteiger partial charge in [-0.3, -0.25) is 0 Å². The van der Waals surface area contributed by atoms with E-state index in [1.54, 1.807) is 25.1 Å². The molecule has 0 spiro atoms. The van der Waals surface area contributed by atoms with Gasteiger partial charge in [-0.1, -0.05) is 12.1 Å². The molecule has 5 heteroatoms. The summed E-state index contributed by atoms with van der Waals surface area (Å²) in [5.74, 6) is -0.741. The summed E-state index contributed by atoms with van der Waals surface area (Å²) in [4.78, 5) is 12.5. The predicted molar refractivity (Wildman–Crippen MR) is 78.7 cm³/mol. The fraction of sp³-hybridized carbons (Fsp3) is 0.562. The maximum Gasteiger partial charge on any atom is 0.331 e. The summed E-state index contributed by atoms with van der Waals surface area (Å²) < 4.78 is 24.8. The zero-order valence-electron chi connectivity index (χ0n) is 12.7. The number of benzene rings is 1. The molecular weight excluding hydrogens is 273 g/mol. The summed E-state index contributed by atoms with van der Waals surface area (Å²) in [6.45, 7) is 6.32. The van der Waals surface area contributed by atoms with Gasteiger partial charge in [0, 0.05) is 12.8 Å². The van der Waals surface area contributed by atoms with Crippen LogP contribution in [0.3, 0.4) is 0 Å². The molecule has 0 radical (unpaired) electrons. The number of nitrogens with one attached hydrogen (secondary N) is 1. The molecule has 0 aliphatic carbocycles. The Hall–Kier alpha value is -1.62. The van der Waals surface area contributed by atoms with Crippen LogP contribution in [0.2, 0.25) is 0 Å². The first-order chi connectivity index (χ1) is 9.88. The van der Waals surface area contributed by atoms with Crippen LogP contribution < -0.4 is 5.32 Å². The standard InChI is InChI=1S/C16H22FNO3/c1-4-20-14(19)16(9-10-21-15(2,3)11-16)18-13-8-6-5-7-12(13)17/h5-8,18H,4,9-11H2,1-3H3. The molecular formula is C16H22FNO3. The topological polar surface area (TPSA) is 47.6 Å². The lowest BCUT2D eigenvalue weighted by molar-refractivity contribution is -0.158. The van der Waals surface area contributed by atoms with Crippen LogP contribution in [0.15, 0.2) is 24.3 Å². The molecule has 1 N–H and O–H groups in total. The lowest BCUT2D eigenvalue weighted by Gasteiger charge is -2.43. The SMILES string of the molecule is CCOC(=O)C1(Nc2ccccc2F)CCOC(C)(C)C1. The van der Waals surface area contributed by atoms with Gasteiger partial charge in [-0.25, -0.2) is 9.18 Å². The number of ether oxygens (including phenoxy) is 2. The van der Waals surface area contributed by atoms with Crippen molar-refractivity contribution in [2.75, 3.05) is 18.5 Å². The maximum absolute atomic E-state index is 13.9. The highest BCUT2D eigenvalue weighted by Crippen LogP contribution is 2.36. The van der Waals surface area contributed by atoms with E-state index >= 15 is 0 Å². The summed E-state index contributed by atoms with van der Waals surface area (Å²) in [7, 11) is 0. The Labute approximate surface area is 124 Å². The Balaban J connectivity index is 2.32. The van der Waals surface area contributed by atoms with Gasteiger partial charge in [0.1, 0.15) is 11.4 Å². The zero-order valence-corrected chi connectivity index (χ0v) is 12.7. The Morgan fingerprint density at radius 3 is 2.76 bits per heavy atom. The van der Waals surface area contributed by atoms with E-state index in [-0.39, 0.29) is 11.8 Å². The number of anilines is 1. The summed E-state index contributed by atoms with van der Waals surface area (Å²) in [6.07, 6.45) is 0.872. The van der Waals surface area contributed by atoms with E-state index < -0.39 is 11.1 Å². The van der Waals surface area contributed by atoms with Gasteiger partial charge < -0.3 is 14.8 Å². The first kappa shape index (κ1) is 15.8. The summed E-state index contributed by atoms with van der Waals surface area (Å²) in [6, 6.07) is 6.34. The van der Waals surface area contributed by atoms with Crippen LogP contribution in [0.4, 0.5) is 10.1 Å². The smallest absolute Gasteiger partial charge is 0.331 e. The quantitative estimate of drug-likeness (QED) is 0.867. The fourth-order valence-electron chi connectivity index (χ4n) is 2.79. The molecule has 1 aromatic rings. The molecule has 1 fully saturated rings. The van der Waals surface area contributed by atoms with Crippen molar-refractivity contribution in [3.8, 4) is 0 Å². The molecule has 1 saturated heterocycles. The number of carbonyl (C=O) groups is 1. The Kier molecular flexibility index (Phi) is 4.52. The summed E-state index contributed by atoms with van der Waals surface area (Å²) in [5, 5.41) is 3.07. The number of esters is 1. The second-order valence-corrected chi connectivity index (χ2v) is 5.94. The Morgan fingerprint density at radius 2 is 2.14 bits per heavy atom. The van der Waals surface area contributed by atoms with Crippen molar-refractivity contribution in [3.63, 3.8) is 0 Å². The fourth-order valence-corrected chi connectivity index (χ4v) is 2.79. The minimum absolute atomic E-state index is 0.292. The highest BCUT2D eigenvalue weighted by molar-refractivity contribution is 5.85. The van der Waals surface area contributed by atoms with Crippen LogP contribution in [-0.4, -0.2) is 30.3 Å². The molecule has 1 heterocycles. The number of hydrogen-bond donors (Lipinski definition) is 1. The second kappa shape index (κ2) is 6.02. The third kappa shape index (κ3) is 3.53. The van der Waals surface area contributed by atoms with Gasteiger partial charge in [0.05, 0.1) is 24.5 Å². The molecule has 0 bridgehead atoms. The minimum Gasteiger partial charge on any atom is -0.464 e. The third-order valence-corrected chi connectivity index (χ3v) is 3.66. The third-order valence-electron chi connectivity index (χ3n) is 3.66. The Bertz CT molecular complexity index is 518. The van der Waals surface area contributed by atoms with Gasteiger partial charge in [-0.2, -0.15) is 0 Å². The van der Waals surface area contributed by atoms with Crippen LogP contribution in [0.5, 0.6) is 0 Å². The first-order valence-corrected chi connectivity index (χ1v) is 7.22. The molecule has 1 unspecified atom stereocenters. The van der Waals surface area contributed by atoms with Crippen LogP contribution in [-0.2, 0) is 14.3 Å². The lowest BCUT2D eigenvalue weighted by Crippen LogP contribution is -2.56. The normalized spacial score (nSPS) is 24.4. The van der Waals surface area contributed by atoms with Gasteiger partial charge in [0.25, 0.3) is 0 Å². The van der Waals surface area contributed by atoms with Gasteiger partial charge in [-0.15, -0.1) is 0 Å². The largest absolute Gasteiger partial charge is 0.464 e. The molecule has 116 valence electrons. The number of rotatable bonds is 4. The van der Waals surface area contributed by atoms with Crippen molar-refractivity contribution in [1.82, 2.24) is 0 Å². The molecule has 2 rings (SSSR count). The van der Waals surface area contributed by atoms with Crippen LogP contribution in [0.25, 0.3) is 0 Å². The monoisotopic (exact) mass is 295 g/mol. The molecule has 0 amide bonds. The second-order valence-electron chi connectivity index (χ2n) is 5.94. The average molecular weight is 295 g/mol. The van der Waals surface area contributed by atoms with Crippen molar-refractivity contribution in [1.29, 1.82) is 0 Å². The number of para-hydroxylation sites is 1. The molecule has 1 aromatic carbocycles. The molecule has 0 aromatic heterocycles. The van der Waals surface area contributed by atoms with E-state index in [2.05, 4.69) is 5.32 Å². The molecule has 1 atom stereocenters. The molecule has 0 saturated carbocycles. The van der Waals surface area contributed by atoms with Crippen LogP contribution >= 0.6 is 0 Å².